The topological polar surface area (TPSA) is 95.2 Å². The first-order valence-electron chi connectivity index (χ1n) is 8.80. The van der Waals surface area contributed by atoms with E-state index >= 15 is 0 Å². The SMILES string of the molecule is CCC[C@@H]1CN(C(=O)c2cc(C(C)(C)C)[nH]c(=O)n2)C[C@H]1NC(C)=O. The zero-order chi connectivity index (χ0) is 18.8. The van der Waals surface area contributed by atoms with Crippen molar-refractivity contribution < 1.29 is 9.59 Å². The molecule has 25 heavy (non-hydrogen) atoms. The summed E-state index contributed by atoms with van der Waals surface area (Å²) in [6, 6.07) is 1.61. The van der Waals surface area contributed by atoms with E-state index in [2.05, 4.69) is 22.2 Å². The van der Waals surface area contributed by atoms with Gasteiger partial charge in [-0.2, -0.15) is 4.98 Å². The van der Waals surface area contributed by atoms with E-state index in [0.29, 0.717) is 18.8 Å². The van der Waals surface area contributed by atoms with Crippen LogP contribution >= 0.6 is 0 Å². The van der Waals surface area contributed by atoms with Gasteiger partial charge in [0.15, 0.2) is 0 Å². The Hall–Kier alpha value is -2.18. The van der Waals surface area contributed by atoms with Crippen molar-refractivity contribution in [3.63, 3.8) is 0 Å². The van der Waals surface area contributed by atoms with Crippen LogP contribution in [0.3, 0.4) is 0 Å². The van der Waals surface area contributed by atoms with Gasteiger partial charge in [0.1, 0.15) is 5.69 Å². The summed E-state index contributed by atoms with van der Waals surface area (Å²) in [5.41, 5.74) is 0.0375. The minimum absolute atomic E-state index is 0.0505. The van der Waals surface area contributed by atoms with E-state index in [4.69, 9.17) is 0 Å². The second-order valence-corrected chi connectivity index (χ2v) is 7.80. The summed E-state index contributed by atoms with van der Waals surface area (Å²) in [6.45, 7) is 10.5. The second kappa shape index (κ2) is 7.37. The van der Waals surface area contributed by atoms with Gasteiger partial charge in [-0.15, -0.1) is 0 Å². The van der Waals surface area contributed by atoms with Crippen molar-refractivity contribution in [2.45, 2.75) is 58.9 Å². The van der Waals surface area contributed by atoms with Crippen molar-refractivity contribution >= 4 is 11.8 Å². The molecule has 1 aliphatic heterocycles. The summed E-state index contributed by atoms with van der Waals surface area (Å²) < 4.78 is 0. The molecule has 2 rings (SSSR count). The maximum Gasteiger partial charge on any atom is 0.345 e. The Labute approximate surface area is 148 Å². The number of carbonyl (C=O) groups excluding carboxylic acids is 2. The zero-order valence-corrected chi connectivity index (χ0v) is 15.7. The summed E-state index contributed by atoms with van der Waals surface area (Å²) >= 11 is 0. The fourth-order valence-electron chi connectivity index (χ4n) is 3.26. The van der Waals surface area contributed by atoms with Gasteiger partial charge in [0, 0.05) is 31.1 Å². The molecule has 7 heteroatoms. The average molecular weight is 348 g/mol. The van der Waals surface area contributed by atoms with E-state index in [1.807, 2.05) is 20.8 Å². The summed E-state index contributed by atoms with van der Waals surface area (Å²) in [5.74, 6) is -0.128. The average Bonchev–Trinajstić information content (AvgIpc) is 2.87. The standard InChI is InChI=1S/C18H28N4O3/c1-6-7-12-9-22(10-14(12)19-11(2)23)16(24)13-8-15(18(3,4)5)21-17(25)20-13/h8,12,14H,6-7,9-10H2,1-5H3,(H,19,23)(H,20,21,25)/t12-,14-/m1/s1. The second-order valence-electron chi connectivity index (χ2n) is 7.80. The first kappa shape index (κ1) is 19.1. The molecule has 0 spiro atoms. The fourth-order valence-corrected chi connectivity index (χ4v) is 3.26. The van der Waals surface area contributed by atoms with Crippen LogP contribution < -0.4 is 11.0 Å². The Bertz CT molecular complexity index is 705. The third-order valence-corrected chi connectivity index (χ3v) is 4.55. The van der Waals surface area contributed by atoms with Crippen LogP contribution in [-0.2, 0) is 10.2 Å². The van der Waals surface area contributed by atoms with Crippen molar-refractivity contribution in [1.29, 1.82) is 0 Å². The molecule has 1 aromatic rings. The quantitative estimate of drug-likeness (QED) is 0.861. The minimum Gasteiger partial charge on any atom is -0.351 e. The molecule has 0 aliphatic carbocycles. The molecular weight excluding hydrogens is 320 g/mol. The Morgan fingerprint density at radius 1 is 1.36 bits per heavy atom. The number of nitrogens with one attached hydrogen (secondary N) is 2. The molecule has 2 atom stereocenters. The molecule has 2 heterocycles. The van der Waals surface area contributed by atoms with Gasteiger partial charge in [-0.05, 0) is 18.4 Å². The first-order valence-corrected chi connectivity index (χ1v) is 8.80. The molecule has 1 fully saturated rings. The third-order valence-electron chi connectivity index (χ3n) is 4.55. The molecule has 0 saturated carbocycles. The molecule has 1 aromatic heterocycles. The van der Waals surface area contributed by atoms with Gasteiger partial charge < -0.3 is 15.2 Å². The highest BCUT2D eigenvalue weighted by Gasteiger charge is 2.36. The number of likely N-dealkylation sites (tertiary alicyclic amines) is 1. The lowest BCUT2D eigenvalue weighted by molar-refractivity contribution is -0.119. The van der Waals surface area contributed by atoms with Crippen LogP contribution in [0, 0.1) is 5.92 Å². The Morgan fingerprint density at radius 2 is 2.04 bits per heavy atom. The summed E-state index contributed by atoms with van der Waals surface area (Å²) in [4.78, 5) is 44.4. The minimum atomic E-state index is -0.515. The van der Waals surface area contributed by atoms with Crippen LogP contribution in [0.25, 0.3) is 0 Å². The number of hydrogen-bond donors (Lipinski definition) is 2. The van der Waals surface area contributed by atoms with Crippen molar-refractivity contribution in [3.8, 4) is 0 Å². The van der Waals surface area contributed by atoms with Gasteiger partial charge >= 0.3 is 5.69 Å². The number of aromatic nitrogens is 2. The molecule has 2 amide bonds. The monoisotopic (exact) mass is 348 g/mol. The molecule has 0 radical (unpaired) electrons. The van der Waals surface area contributed by atoms with Crippen LogP contribution in [0.2, 0.25) is 0 Å². The number of hydrogen-bond acceptors (Lipinski definition) is 4. The van der Waals surface area contributed by atoms with Crippen LogP contribution in [-0.4, -0.2) is 45.8 Å². The Kier molecular flexibility index (Phi) is 5.65. The summed E-state index contributed by atoms with van der Waals surface area (Å²) in [7, 11) is 0. The van der Waals surface area contributed by atoms with E-state index in [9.17, 15) is 14.4 Å². The van der Waals surface area contributed by atoms with Crippen molar-refractivity contribution in [2.75, 3.05) is 13.1 Å². The number of amides is 2. The molecule has 1 aliphatic rings. The van der Waals surface area contributed by atoms with E-state index in [0.717, 1.165) is 12.8 Å². The normalized spacial score (nSPS) is 20.6. The molecule has 1 saturated heterocycles. The maximum atomic E-state index is 12.9. The molecule has 0 aromatic carbocycles. The number of H-pyrrole nitrogens is 1. The van der Waals surface area contributed by atoms with Crippen LogP contribution in [0.15, 0.2) is 10.9 Å². The van der Waals surface area contributed by atoms with Gasteiger partial charge in [-0.3, -0.25) is 9.59 Å². The number of carbonyl (C=O) groups is 2. The third kappa shape index (κ3) is 4.67. The fraction of sp³-hybridized carbons (Fsp3) is 0.667. The maximum absolute atomic E-state index is 12.9. The number of aromatic amines is 1. The van der Waals surface area contributed by atoms with Gasteiger partial charge in [0.25, 0.3) is 5.91 Å². The van der Waals surface area contributed by atoms with Gasteiger partial charge in [0.05, 0.1) is 6.04 Å². The van der Waals surface area contributed by atoms with Crippen molar-refractivity contribution in [3.05, 3.63) is 27.9 Å². The van der Waals surface area contributed by atoms with Gasteiger partial charge in [-0.25, -0.2) is 4.79 Å². The lowest BCUT2D eigenvalue weighted by Crippen LogP contribution is -2.40. The zero-order valence-electron chi connectivity index (χ0n) is 15.7. The lowest BCUT2D eigenvalue weighted by Gasteiger charge is -2.20. The number of rotatable bonds is 4. The molecule has 138 valence electrons. The molecule has 2 N–H and O–H groups in total. The predicted molar refractivity (Wildman–Crippen MR) is 95.5 cm³/mol. The van der Waals surface area contributed by atoms with Gasteiger partial charge in [-0.1, -0.05) is 34.1 Å². The Morgan fingerprint density at radius 3 is 2.60 bits per heavy atom. The lowest BCUT2D eigenvalue weighted by atomic mass is 9.91. The Balaban J connectivity index is 2.24. The summed E-state index contributed by atoms with van der Waals surface area (Å²) in [6.07, 6.45) is 1.92. The van der Waals surface area contributed by atoms with Crippen molar-refractivity contribution in [2.24, 2.45) is 5.92 Å². The molecule has 7 nitrogen and oxygen atoms in total. The summed E-state index contributed by atoms with van der Waals surface area (Å²) in [5, 5.41) is 2.94. The van der Waals surface area contributed by atoms with Crippen LogP contribution in [0.5, 0.6) is 0 Å². The largest absolute Gasteiger partial charge is 0.351 e. The van der Waals surface area contributed by atoms with E-state index in [1.54, 1.807) is 11.0 Å². The molecular formula is C18H28N4O3. The van der Waals surface area contributed by atoms with Crippen LogP contribution in [0.4, 0.5) is 0 Å². The highest BCUT2D eigenvalue weighted by molar-refractivity contribution is 5.92. The van der Waals surface area contributed by atoms with Crippen LogP contribution in [0.1, 0.15) is 63.6 Å². The van der Waals surface area contributed by atoms with E-state index in [1.165, 1.54) is 6.92 Å². The van der Waals surface area contributed by atoms with E-state index < -0.39 is 5.69 Å². The predicted octanol–water partition coefficient (Wildman–Crippen LogP) is 1.44. The van der Waals surface area contributed by atoms with Gasteiger partial charge in [0.2, 0.25) is 5.91 Å². The highest BCUT2D eigenvalue weighted by Crippen LogP contribution is 2.24. The van der Waals surface area contributed by atoms with E-state index in [-0.39, 0.29) is 34.9 Å². The molecule has 0 bridgehead atoms. The highest BCUT2D eigenvalue weighted by atomic mass is 16.2. The smallest absolute Gasteiger partial charge is 0.345 e. The number of nitrogens with zero attached hydrogens (tertiary/aromatic N) is 2. The van der Waals surface area contributed by atoms with Crippen molar-refractivity contribution in [1.82, 2.24) is 20.2 Å². The molecule has 0 unspecified atom stereocenters. The first-order chi connectivity index (χ1) is 11.6.